The van der Waals surface area contributed by atoms with Crippen molar-refractivity contribution >= 4 is 59.2 Å². The smallest absolute Gasteiger partial charge is 0.305 e. The number of fused-ring (bicyclic) bond motifs is 2. The Hall–Kier alpha value is -7.06. The van der Waals surface area contributed by atoms with Gasteiger partial charge < -0.3 is 58.3 Å². The monoisotopic (exact) mass is 887 g/mol. The Kier molecular flexibility index (Phi) is 17.1. The lowest BCUT2D eigenvalue weighted by atomic mass is 10.0. The van der Waals surface area contributed by atoms with E-state index in [0.29, 0.717) is 24.0 Å². The van der Waals surface area contributed by atoms with E-state index in [9.17, 15) is 48.3 Å². The lowest BCUT2D eigenvalue weighted by Gasteiger charge is -2.33. The molecule has 0 bridgehead atoms. The Morgan fingerprint density at radius 3 is 1.81 bits per heavy atom. The number of aliphatic imine (C=N–C) groups is 1. The number of rotatable bonds is 10. The first-order valence-electron chi connectivity index (χ1n) is 21.4. The van der Waals surface area contributed by atoms with E-state index in [0.717, 1.165) is 0 Å². The van der Waals surface area contributed by atoms with Crippen molar-refractivity contribution in [2.24, 2.45) is 16.5 Å². The Morgan fingerprint density at radius 1 is 0.656 bits per heavy atom. The number of carboxylic acids is 1. The summed E-state index contributed by atoms with van der Waals surface area (Å²) >= 11 is 0. The predicted octanol–water partition coefficient (Wildman–Crippen LogP) is -2.44. The van der Waals surface area contributed by atoms with E-state index in [1.807, 2.05) is 0 Å². The van der Waals surface area contributed by atoms with Gasteiger partial charge in [0.1, 0.15) is 42.3 Å². The van der Waals surface area contributed by atoms with Crippen LogP contribution in [0.5, 0.6) is 0 Å². The van der Waals surface area contributed by atoms with Crippen LogP contribution in [0.3, 0.4) is 0 Å². The summed E-state index contributed by atoms with van der Waals surface area (Å²) in [6.07, 6.45) is 0.635. The summed E-state index contributed by atoms with van der Waals surface area (Å²) in [6, 6.07) is 8.65. The van der Waals surface area contributed by atoms with Gasteiger partial charge in [0.15, 0.2) is 5.96 Å². The highest BCUT2D eigenvalue weighted by Crippen LogP contribution is 2.26. The highest BCUT2D eigenvalue weighted by molar-refractivity contribution is 5.99. The van der Waals surface area contributed by atoms with E-state index in [4.69, 9.17) is 11.5 Å². The standard InChI is InChI=1S/C43H57N11O10/c1-25-36(58)51-29(21-26-11-4-2-5-12-26)38(60)50-28(15-8-18-46-43(44)45)37(59)47-24-34(55)49-30(23-35(56)57)39(61)52-31(22-27-13-6-3-7-14-27)41(63)54-20-10-17-33(54)42(64)53-19-9-16-32(53)40(62)48-25/h2-7,11-14,25,28-33H,8-10,15-24H2,1H3,(H,47,59)(H,48,62)(H,49,55)(H,50,60)(H,51,58)(H,52,61)(H,56,57)(H4,44,45,46)/t25-,28-,29-,30-,31-,32-,33+/m0/s1. The minimum absolute atomic E-state index is 0.0232. The Balaban J connectivity index is 1.48. The molecule has 3 saturated heterocycles. The molecule has 3 aliphatic rings. The zero-order chi connectivity index (χ0) is 46.3. The van der Waals surface area contributed by atoms with Gasteiger partial charge in [0.05, 0.1) is 13.0 Å². The first-order chi connectivity index (χ1) is 30.6. The number of carbonyl (C=O) groups is 9. The van der Waals surface area contributed by atoms with Crippen molar-refractivity contribution < 1.29 is 48.3 Å². The van der Waals surface area contributed by atoms with Crippen LogP contribution in [0, 0.1) is 0 Å². The molecule has 8 amide bonds. The fourth-order valence-corrected chi connectivity index (χ4v) is 8.00. The highest BCUT2D eigenvalue weighted by atomic mass is 16.4. The van der Waals surface area contributed by atoms with Crippen LogP contribution in [0.2, 0.25) is 0 Å². The topological polar surface area (TPSA) is 317 Å². The molecule has 21 nitrogen and oxygen atoms in total. The molecule has 0 aliphatic carbocycles. The average Bonchev–Trinajstić information content (AvgIpc) is 3.97. The third-order valence-electron chi connectivity index (χ3n) is 11.3. The minimum Gasteiger partial charge on any atom is -0.481 e. The van der Waals surface area contributed by atoms with Crippen molar-refractivity contribution in [1.82, 2.24) is 41.7 Å². The third-order valence-corrected chi connectivity index (χ3v) is 11.3. The number of aliphatic carboxylic acids is 1. The maximum Gasteiger partial charge on any atom is 0.305 e. The number of carbonyl (C=O) groups excluding carboxylic acids is 8. The van der Waals surface area contributed by atoms with Gasteiger partial charge in [0, 0.05) is 32.5 Å². The largest absolute Gasteiger partial charge is 0.481 e. The van der Waals surface area contributed by atoms with Crippen LogP contribution in [-0.2, 0) is 56.0 Å². The Morgan fingerprint density at radius 2 is 1.20 bits per heavy atom. The summed E-state index contributed by atoms with van der Waals surface area (Å²) in [5.74, 6) is -7.67. The number of nitrogens with one attached hydrogen (secondary N) is 6. The van der Waals surface area contributed by atoms with Gasteiger partial charge in [-0.1, -0.05) is 60.7 Å². The van der Waals surface area contributed by atoms with Gasteiger partial charge in [-0.25, -0.2) is 0 Å². The quantitative estimate of drug-likeness (QED) is 0.0683. The first-order valence-corrected chi connectivity index (χ1v) is 21.4. The average molecular weight is 888 g/mol. The number of nitrogens with two attached hydrogens (primary N) is 2. The van der Waals surface area contributed by atoms with Crippen LogP contribution in [0.15, 0.2) is 65.7 Å². The van der Waals surface area contributed by atoms with E-state index in [-0.39, 0.29) is 64.1 Å². The summed E-state index contributed by atoms with van der Waals surface area (Å²) in [6.45, 7) is 1.11. The van der Waals surface area contributed by atoms with Crippen LogP contribution < -0.4 is 43.4 Å². The second-order valence-electron chi connectivity index (χ2n) is 16.1. The molecule has 2 aromatic rings. The number of carboxylic acid groups (broad SMARTS) is 1. The van der Waals surface area contributed by atoms with E-state index in [2.05, 4.69) is 36.9 Å². The molecule has 0 radical (unpaired) electrons. The number of hydrogen-bond donors (Lipinski definition) is 9. The number of nitrogens with zero attached hydrogens (tertiary/aromatic N) is 3. The van der Waals surface area contributed by atoms with E-state index < -0.39 is 108 Å². The summed E-state index contributed by atoms with van der Waals surface area (Å²) in [7, 11) is 0. The molecular formula is C43H57N11O10. The molecule has 3 fully saturated rings. The molecule has 3 aliphatic heterocycles. The molecule has 0 aromatic heterocycles. The lowest BCUT2D eigenvalue weighted by molar-refractivity contribution is -0.148. The van der Waals surface area contributed by atoms with Crippen LogP contribution in [0.1, 0.15) is 63.0 Å². The normalized spacial score (nSPS) is 25.6. The number of guanidine groups is 1. The van der Waals surface area contributed by atoms with Crippen molar-refractivity contribution in [2.75, 3.05) is 26.2 Å². The SMILES string of the molecule is C[C@@H]1NC(=O)[C@@H]2CCCN2C(=O)[C@H]2CCCN2C(=O)[C@H](Cc2ccccc2)NC(=O)[C@H](CC(=O)O)NC(=O)CNC(=O)[C@H](CCCN=C(N)N)NC(=O)[C@H](Cc2ccccc2)NC1=O. The van der Waals surface area contributed by atoms with Gasteiger partial charge in [0.25, 0.3) is 0 Å². The summed E-state index contributed by atoms with van der Waals surface area (Å²) in [4.78, 5) is 130. The van der Waals surface area contributed by atoms with Gasteiger partial charge in [-0.05, 0) is 56.6 Å². The third kappa shape index (κ3) is 13.5. The molecular weight excluding hydrogens is 831 g/mol. The predicted molar refractivity (Wildman–Crippen MR) is 230 cm³/mol. The molecule has 3 heterocycles. The number of benzene rings is 2. The summed E-state index contributed by atoms with van der Waals surface area (Å²) in [5.41, 5.74) is 12.2. The zero-order valence-electron chi connectivity index (χ0n) is 35.6. The molecule has 0 unspecified atom stereocenters. The molecule has 11 N–H and O–H groups in total. The van der Waals surface area contributed by atoms with Crippen molar-refractivity contribution in [3.8, 4) is 0 Å². The second kappa shape index (κ2) is 22.9. The summed E-state index contributed by atoms with van der Waals surface area (Å²) in [5, 5.41) is 25.1. The zero-order valence-corrected chi connectivity index (χ0v) is 35.6. The van der Waals surface area contributed by atoms with Crippen LogP contribution in [0.25, 0.3) is 0 Å². The Labute approximate surface area is 369 Å². The molecule has 7 atom stereocenters. The fourth-order valence-electron chi connectivity index (χ4n) is 8.00. The minimum atomic E-state index is -1.71. The molecule has 21 heteroatoms. The highest BCUT2D eigenvalue weighted by Gasteiger charge is 2.44. The molecule has 2 aromatic carbocycles. The lowest BCUT2D eigenvalue weighted by Crippen LogP contribution is -2.60. The number of hydrogen-bond acceptors (Lipinski definition) is 10. The van der Waals surface area contributed by atoms with Gasteiger partial charge in [-0.2, -0.15) is 0 Å². The molecule has 0 spiro atoms. The van der Waals surface area contributed by atoms with E-state index >= 15 is 0 Å². The van der Waals surface area contributed by atoms with E-state index in [1.165, 1.54) is 16.7 Å². The molecule has 0 saturated carbocycles. The van der Waals surface area contributed by atoms with Gasteiger partial charge in [0.2, 0.25) is 47.3 Å². The fraction of sp³-hybridized carbons (Fsp3) is 0.488. The van der Waals surface area contributed by atoms with Crippen molar-refractivity contribution in [2.45, 2.75) is 107 Å². The van der Waals surface area contributed by atoms with Gasteiger partial charge >= 0.3 is 5.97 Å². The van der Waals surface area contributed by atoms with Crippen LogP contribution in [-0.4, -0.2) is 143 Å². The first kappa shape index (κ1) is 48.0. The van der Waals surface area contributed by atoms with Crippen molar-refractivity contribution in [3.05, 3.63) is 71.8 Å². The second-order valence-corrected chi connectivity index (χ2v) is 16.1. The van der Waals surface area contributed by atoms with Crippen molar-refractivity contribution in [1.29, 1.82) is 0 Å². The Bertz CT molecular complexity index is 2070. The molecule has 344 valence electrons. The maximum absolute atomic E-state index is 14.4. The van der Waals surface area contributed by atoms with Crippen LogP contribution in [0.4, 0.5) is 0 Å². The van der Waals surface area contributed by atoms with Crippen LogP contribution >= 0.6 is 0 Å². The van der Waals surface area contributed by atoms with Gasteiger partial charge in [-0.15, -0.1) is 0 Å². The number of amides is 8. The molecule has 64 heavy (non-hydrogen) atoms. The van der Waals surface area contributed by atoms with Gasteiger partial charge in [-0.3, -0.25) is 48.1 Å². The van der Waals surface area contributed by atoms with Crippen molar-refractivity contribution in [3.63, 3.8) is 0 Å². The summed E-state index contributed by atoms with van der Waals surface area (Å²) < 4.78 is 0. The van der Waals surface area contributed by atoms with E-state index in [1.54, 1.807) is 60.7 Å². The molecule has 5 rings (SSSR count). The maximum atomic E-state index is 14.4.